The molecule has 0 bridgehead atoms. The molecule has 2 aromatic carbocycles. The molecule has 2 aliphatic heterocycles. The fourth-order valence-corrected chi connectivity index (χ4v) is 4.26. The Morgan fingerprint density at radius 2 is 1.53 bits per heavy atom. The van der Waals surface area contributed by atoms with E-state index in [0.29, 0.717) is 19.5 Å². The molecule has 6 heteroatoms. The predicted molar refractivity (Wildman–Crippen MR) is 118 cm³/mol. The summed E-state index contributed by atoms with van der Waals surface area (Å²) in [6.07, 6.45) is 2.56. The summed E-state index contributed by atoms with van der Waals surface area (Å²) in [6.45, 7) is 5.13. The number of likely N-dealkylation sites (N-methyl/N-ethyl adjacent to an activating group) is 1. The maximum absolute atomic E-state index is 13.1. The Labute approximate surface area is 177 Å². The van der Waals surface area contributed by atoms with Gasteiger partial charge in [0, 0.05) is 37.6 Å². The van der Waals surface area contributed by atoms with E-state index in [9.17, 15) is 9.59 Å². The maximum Gasteiger partial charge on any atom is 0.329 e. The highest BCUT2D eigenvalue weighted by atomic mass is 16.4. The smallest absolute Gasteiger partial charge is 0.329 e. The number of aliphatic carboxylic acids is 1. The third-order valence-corrected chi connectivity index (χ3v) is 6.25. The molecule has 2 heterocycles. The Morgan fingerprint density at radius 1 is 0.933 bits per heavy atom. The SMILES string of the molecule is CC(Cc1ccc(N2CCN(c3ccc4c(c3)CCN(C)CC4)C2=O)cc1)C(=O)O. The van der Waals surface area contributed by atoms with Gasteiger partial charge in [-0.25, -0.2) is 4.79 Å². The van der Waals surface area contributed by atoms with E-state index in [0.717, 1.165) is 42.9 Å². The van der Waals surface area contributed by atoms with Gasteiger partial charge < -0.3 is 10.0 Å². The fraction of sp³-hybridized carbons (Fsp3) is 0.417. The van der Waals surface area contributed by atoms with Gasteiger partial charge in [-0.15, -0.1) is 0 Å². The van der Waals surface area contributed by atoms with Crippen molar-refractivity contribution in [2.75, 3.05) is 43.0 Å². The van der Waals surface area contributed by atoms with Crippen LogP contribution in [0.3, 0.4) is 0 Å². The van der Waals surface area contributed by atoms with Crippen LogP contribution >= 0.6 is 0 Å². The van der Waals surface area contributed by atoms with Crippen LogP contribution in [0, 0.1) is 5.92 Å². The zero-order valence-electron chi connectivity index (χ0n) is 17.7. The molecule has 4 rings (SSSR count). The Morgan fingerprint density at radius 3 is 2.20 bits per heavy atom. The zero-order valence-corrected chi connectivity index (χ0v) is 17.7. The van der Waals surface area contributed by atoms with E-state index in [4.69, 9.17) is 5.11 Å². The number of amides is 2. The molecule has 1 saturated heterocycles. The van der Waals surface area contributed by atoms with E-state index in [1.807, 2.05) is 29.2 Å². The summed E-state index contributed by atoms with van der Waals surface area (Å²) in [6, 6.07) is 14.1. The highest BCUT2D eigenvalue weighted by molar-refractivity contribution is 6.06. The lowest BCUT2D eigenvalue weighted by Gasteiger charge is -2.20. The average Bonchev–Trinajstić information content (AvgIpc) is 3.02. The van der Waals surface area contributed by atoms with Gasteiger partial charge in [0.25, 0.3) is 0 Å². The zero-order chi connectivity index (χ0) is 21.3. The van der Waals surface area contributed by atoms with Crippen molar-refractivity contribution in [2.24, 2.45) is 5.92 Å². The molecule has 2 amide bonds. The standard InChI is InChI=1S/C24H29N3O3/c1-17(23(28)29)15-18-3-6-21(7-4-18)26-13-14-27(24(26)30)22-8-5-19-9-11-25(2)12-10-20(19)16-22/h3-8,16-17H,9-15H2,1-2H3,(H,28,29). The summed E-state index contributed by atoms with van der Waals surface area (Å²) in [5.41, 5.74) is 5.52. The monoisotopic (exact) mass is 407 g/mol. The van der Waals surface area contributed by atoms with Gasteiger partial charge >= 0.3 is 12.0 Å². The van der Waals surface area contributed by atoms with Crippen LogP contribution in [0.25, 0.3) is 0 Å². The molecule has 1 fully saturated rings. The van der Waals surface area contributed by atoms with Crippen LogP contribution in [0.5, 0.6) is 0 Å². The van der Waals surface area contributed by atoms with Crippen molar-refractivity contribution in [3.05, 3.63) is 59.2 Å². The van der Waals surface area contributed by atoms with Crippen molar-refractivity contribution in [3.63, 3.8) is 0 Å². The first kappa shape index (κ1) is 20.4. The van der Waals surface area contributed by atoms with Gasteiger partial charge in [0.05, 0.1) is 5.92 Å². The molecule has 1 atom stereocenters. The highest BCUT2D eigenvalue weighted by Gasteiger charge is 2.31. The molecule has 0 saturated carbocycles. The van der Waals surface area contributed by atoms with E-state index >= 15 is 0 Å². The molecule has 0 spiro atoms. The lowest BCUT2D eigenvalue weighted by atomic mass is 10.0. The van der Waals surface area contributed by atoms with Gasteiger partial charge in [0.15, 0.2) is 0 Å². The molecule has 2 aliphatic rings. The minimum Gasteiger partial charge on any atom is -0.481 e. The second kappa shape index (κ2) is 8.48. The predicted octanol–water partition coefficient (Wildman–Crippen LogP) is 3.43. The van der Waals surface area contributed by atoms with Crippen molar-refractivity contribution in [1.82, 2.24) is 4.90 Å². The quantitative estimate of drug-likeness (QED) is 0.825. The van der Waals surface area contributed by atoms with E-state index in [2.05, 4.69) is 30.1 Å². The molecular weight excluding hydrogens is 378 g/mol. The molecule has 0 aliphatic carbocycles. The Kier molecular flexibility index (Phi) is 5.77. The summed E-state index contributed by atoms with van der Waals surface area (Å²) in [4.78, 5) is 30.2. The van der Waals surface area contributed by atoms with Crippen LogP contribution in [0.4, 0.5) is 16.2 Å². The van der Waals surface area contributed by atoms with Crippen LogP contribution < -0.4 is 9.80 Å². The number of fused-ring (bicyclic) bond motifs is 1. The first-order chi connectivity index (χ1) is 14.4. The maximum atomic E-state index is 13.1. The number of nitrogens with zero attached hydrogens (tertiary/aromatic N) is 3. The summed E-state index contributed by atoms with van der Waals surface area (Å²) in [5.74, 6) is -1.22. The molecule has 158 valence electrons. The van der Waals surface area contributed by atoms with Crippen molar-refractivity contribution in [2.45, 2.75) is 26.2 Å². The van der Waals surface area contributed by atoms with E-state index < -0.39 is 11.9 Å². The van der Waals surface area contributed by atoms with Gasteiger partial charge in [0.1, 0.15) is 0 Å². The fourth-order valence-electron chi connectivity index (χ4n) is 4.26. The number of hydrogen-bond donors (Lipinski definition) is 1. The third kappa shape index (κ3) is 4.19. The van der Waals surface area contributed by atoms with Gasteiger partial charge in [-0.1, -0.05) is 25.1 Å². The first-order valence-corrected chi connectivity index (χ1v) is 10.6. The lowest BCUT2D eigenvalue weighted by molar-refractivity contribution is -0.141. The summed E-state index contributed by atoms with van der Waals surface area (Å²) < 4.78 is 0. The summed E-state index contributed by atoms with van der Waals surface area (Å²) in [7, 11) is 2.16. The van der Waals surface area contributed by atoms with E-state index in [1.165, 1.54) is 11.1 Å². The van der Waals surface area contributed by atoms with Crippen molar-refractivity contribution in [1.29, 1.82) is 0 Å². The largest absolute Gasteiger partial charge is 0.481 e. The van der Waals surface area contributed by atoms with Crippen molar-refractivity contribution in [3.8, 4) is 0 Å². The van der Waals surface area contributed by atoms with Gasteiger partial charge in [-0.3, -0.25) is 14.6 Å². The minimum absolute atomic E-state index is 0.00709. The second-order valence-electron chi connectivity index (χ2n) is 8.45. The number of rotatable bonds is 5. The Hall–Kier alpha value is -2.86. The Balaban J connectivity index is 1.47. The first-order valence-electron chi connectivity index (χ1n) is 10.6. The van der Waals surface area contributed by atoms with Crippen LogP contribution in [0.1, 0.15) is 23.6 Å². The number of anilines is 2. The molecule has 1 N–H and O–H groups in total. The summed E-state index contributed by atoms with van der Waals surface area (Å²) >= 11 is 0. The molecular formula is C24H29N3O3. The van der Waals surface area contributed by atoms with Gasteiger partial charge in [-0.05, 0) is 67.3 Å². The number of carbonyl (C=O) groups excluding carboxylic acids is 1. The number of urea groups is 1. The molecule has 6 nitrogen and oxygen atoms in total. The number of hydrogen-bond acceptors (Lipinski definition) is 3. The van der Waals surface area contributed by atoms with Gasteiger partial charge in [-0.2, -0.15) is 0 Å². The van der Waals surface area contributed by atoms with E-state index in [-0.39, 0.29) is 6.03 Å². The van der Waals surface area contributed by atoms with E-state index in [1.54, 1.807) is 11.8 Å². The number of carboxylic acids is 1. The van der Waals surface area contributed by atoms with Crippen LogP contribution in [-0.2, 0) is 24.1 Å². The highest BCUT2D eigenvalue weighted by Crippen LogP contribution is 2.28. The number of carbonyl (C=O) groups is 2. The molecule has 1 unspecified atom stereocenters. The van der Waals surface area contributed by atoms with Crippen LogP contribution in [0.2, 0.25) is 0 Å². The Bertz CT molecular complexity index is 941. The van der Waals surface area contributed by atoms with Gasteiger partial charge in [0.2, 0.25) is 0 Å². The minimum atomic E-state index is -0.795. The normalized spacial score (nSPS) is 18.3. The number of benzene rings is 2. The topological polar surface area (TPSA) is 64.1 Å². The summed E-state index contributed by atoms with van der Waals surface area (Å²) in [5, 5.41) is 9.08. The average molecular weight is 408 g/mol. The number of carboxylic acid groups (broad SMARTS) is 1. The lowest BCUT2D eigenvalue weighted by Crippen LogP contribution is -2.31. The second-order valence-corrected chi connectivity index (χ2v) is 8.45. The molecule has 0 aromatic heterocycles. The molecule has 2 aromatic rings. The van der Waals surface area contributed by atoms with Crippen LogP contribution in [-0.4, -0.2) is 55.2 Å². The van der Waals surface area contributed by atoms with Crippen molar-refractivity contribution < 1.29 is 14.7 Å². The van der Waals surface area contributed by atoms with Crippen LogP contribution in [0.15, 0.2) is 42.5 Å². The third-order valence-electron chi connectivity index (χ3n) is 6.25. The molecule has 30 heavy (non-hydrogen) atoms. The van der Waals surface area contributed by atoms with Crippen molar-refractivity contribution >= 4 is 23.4 Å². The molecule has 0 radical (unpaired) electrons.